The lowest BCUT2D eigenvalue weighted by Gasteiger charge is -2.28. The summed E-state index contributed by atoms with van der Waals surface area (Å²) >= 11 is 6.25. The molecule has 11 heteroatoms. The molecule has 3 aromatic carbocycles. The zero-order chi connectivity index (χ0) is 27.7. The van der Waals surface area contributed by atoms with Crippen molar-refractivity contribution in [1.82, 2.24) is 10.9 Å². The maximum absolute atomic E-state index is 13.8. The lowest BCUT2D eigenvalue weighted by Crippen LogP contribution is -2.55. The van der Waals surface area contributed by atoms with Crippen molar-refractivity contribution in [3.63, 3.8) is 0 Å². The first-order chi connectivity index (χ1) is 19.0. The van der Waals surface area contributed by atoms with Gasteiger partial charge in [-0.25, -0.2) is 10.4 Å². The summed E-state index contributed by atoms with van der Waals surface area (Å²) in [7, 11) is 0. The van der Waals surface area contributed by atoms with Crippen LogP contribution in [0.3, 0.4) is 0 Å². The second-order valence-corrected chi connectivity index (χ2v) is 9.35. The van der Waals surface area contributed by atoms with Crippen molar-refractivity contribution < 1.29 is 19.4 Å². The van der Waals surface area contributed by atoms with Crippen LogP contribution in [-0.2, 0) is 22.5 Å². The van der Waals surface area contributed by atoms with E-state index in [0.29, 0.717) is 53.1 Å². The molecule has 202 valence electrons. The minimum absolute atomic E-state index is 0.0564. The molecule has 3 N–H and O–H groups in total. The van der Waals surface area contributed by atoms with Crippen molar-refractivity contribution in [2.45, 2.75) is 38.0 Å². The standard InChI is InChI=1S/C28H29ClN6O4/c1-19-28(17-21-7-3-5-10-25(21)33-35-30,27(37)34-31-18-22-8-2-4-9-24(22)29)32-26(39-19)20-11-13-23(14-12-20)38-16-6-15-36/h2-5,7-14,19,31,36H,6,15-18H2,1H3,(H,34,37)/t19-,28-/m0/s1. The van der Waals surface area contributed by atoms with Gasteiger partial charge in [-0.1, -0.05) is 59.2 Å². The van der Waals surface area contributed by atoms with Crippen molar-refractivity contribution in [1.29, 1.82) is 0 Å². The van der Waals surface area contributed by atoms with Crippen LogP contribution in [0.25, 0.3) is 10.4 Å². The summed E-state index contributed by atoms with van der Waals surface area (Å²) in [5.74, 6) is 0.554. The monoisotopic (exact) mass is 548 g/mol. The quantitative estimate of drug-likeness (QED) is 0.0958. The number of nitrogens with one attached hydrogen (secondary N) is 2. The maximum atomic E-state index is 13.8. The SMILES string of the molecule is C[C@@H]1OC(c2ccc(OCCCO)cc2)=N[C@]1(Cc1ccccc1N=[N+]=[N-])C(=O)NNCc1ccccc1Cl. The number of carbonyl (C=O) groups is 1. The van der Waals surface area contributed by atoms with E-state index >= 15 is 0 Å². The van der Waals surface area contributed by atoms with E-state index in [0.717, 1.165) is 5.56 Å². The maximum Gasteiger partial charge on any atom is 0.266 e. The fraction of sp³-hybridized carbons (Fsp3) is 0.286. The van der Waals surface area contributed by atoms with Crippen molar-refractivity contribution in [3.8, 4) is 5.75 Å². The highest BCUT2D eigenvalue weighted by atomic mass is 35.5. The van der Waals surface area contributed by atoms with Gasteiger partial charge in [-0.05, 0) is 53.9 Å². The number of halogens is 1. The fourth-order valence-electron chi connectivity index (χ4n) is 4.21. The number of aliphatic hydroxyl groups is 1. The number of carbonyl (C=O) groups excluding carboxylic acids is 1. The Labute approximate surface area is 231 Å². The summed E-state index contributed by atoms with van der Waals surface area (Å²) in [4.78, 5) is 21.5. The number of hydrogen-bond acceptors (Lipinski definition) is 7. The average Bonchev–Trinajstić information content (AvgIpc) is 3.28. The van der Waals surface area contributed by atoms with E-state index < -0.39 is 17.6 Å². The van der Waals surface area contributed by atoms with E-state index in [1.165, 1.54) is 0 Å². The van der Waals surface area contributed by atoms with Crippen LogP contribution in [0.15, 0.2) is 82.9 Å². The zero-order valence-electron chi connectivity index (χ0n) is 21.4. The molecular weight excluding hydrogens is 520 g/mol. The molecule has 0 radical (unpaired) electrons. The first kappa shape index (κ1) is 27.9. The molecule has 1 amide bonds. The van der Waals surface area contributed by atoms with Crippen molar-refractivity contribution in [2.75, 3.05) is 13.2 Å². The minimum Gasteiger partial charge on any atom is -0.494 e. The molecule has 0 saturated carbocycles. The molecule has 2 atom stereocenters. The average molecular weight is 549 g/mol. The molecule has 0 fully saturated rings. The number of amides is 1. The van der Waals surface area contributed by atoms with Gasteiger partial charge in [0.2, 0.25) is 5.90 Å². The van der Waals surface area contributed by atoms with Gasteiger partial charge < -0.3 is 14.6 Å². The molecule has 0 aliphatic carbocycles. The van der Waals surface area contributed by atoms with Gasteiger partial charge >= 0.3 is 0 Å². The number of rotatable bonds is 12. The van der Waals surface area contributed by atoms with Gasteiger partial charge in [0.15, 0.2) is 5.54 Å². The van der Waals surface area contributed by atoms with Gasteiger partial charge in [-0.15, -0.1) is 0 Å². The molecule has 0 unspecified atom stereocenters. The fourth-order valence-corrected chi connectivity index (χ4v) is 4.41. The summed E-state index contributed by atoms with van der Waals surface area (Å²) in [6.45, 7) is 2.55. The lowest BCUT2D eigenvalue weighted by atomic mass is 9.85. The Morgan fingerprint density at radius 3 is 2.59 bits per heavy atom. The molecule has 0 bridgehead atoms. The number of aliphatic hydroxyl groups excluding tert-OH is 1. The summed E-state index contributed by atoms with van der Waals surface area (Å²) in [6.07, 6.45) is 0.0258. The van der Waals surface area contributed by atoms with Crippen LogP contribution in [0.2, 0.25) is 5.02 Å². The molecule has 1 aliphatic heterocycles. The van der Waals surface area contributed by atoms with Crippen LogP contribution in [-0.4, -0.2) is 41.8 Å². The Kier molecular flexibility index (Phi) is 9.40. The number of azide groups is 1. The highest BCUT2D eigenvalue weighted by Crippen LogP contribution is 2.35. The largest absolute Gasteiger partial charge is 0.494 e. The van der Waals surface area contributed by atoms with Gasteiger partial charge in [0, 0.05) is 47.2 Å². The highest BCUT2D eigenvalue weighted by molar-refractivity contribution is 6.31. The number of hydrazine groups is 1. The van der Waals surface area contributed by atoms with E-state index in [2.05, 4.69) is 20.9 Å². The predicted octanol–water partition coefficient (Wildman–Crippen LogP) is 5.01. The molecule has 0 saturated heterocycles. The van der Waals surface area contributed by atoms with E-state index in [1.54, 1.807) is 55.5 Å². The van der Waals surface area contributed by atoms with E-state index in [1.807, 2.05) is 24.3 Å². The number of benzene rings is 3. The number of aliphatic imine (C=N–C) groups is 1. The van der Waals surface area contributed by atoms with E-state index in [4.69, 9.17) is 36.7 Å². The van der Waals surface area contributed by atoms with Crippen molar-refractivity contribution in [2.24, 2.45) is 10.1 Å². The number of nitrogens with zero attached hydrogens (tertiary/aromatic N) is 4. The van der Waals surface area contributed by atoms with Crippen LogP contribution in [0.5, 0.6) is 5.75 Å². The molecule has 39 heavy (non-hydrogen) atoms. The zero-order valence-corrected chi connectivity index (χ0v) is 22.1. The first-order valence-corrected chi connectivity index (χ1v) is 12.8. The van der Waals surface area contributed by atoms with Gasteiger partial charge in [0.1, 0.15) is 11.9 Å². The first-order valence-electron chi connectivity index (χ1n) is 12.5. The van der Waals surface area contributed by atoms with Gasteiger partial charge in [-0.3, -0.25) is 10.2 Å². The molecule has 0 aromatic heterocycles. The molecule has 1 heterocycles. The van der Waals surface area contributed by atoms with Gasteiger partial charge in [0.05, 0.1) is 6.61 Å². The predicted molar refractivity (Wildman–Crippen MR) is 149 cm³/mol. The van der Waals surface area contributed by atoms with E-state index in [-0.39, 0.29) is 13.0 Å². The van der Waals surface area contributed by atoms with Crippen molar-refractivity contribution in [3.05, 3.63) is 105 Å². The second-order valence-electron chi connectivity index (χ2n) is 8.95. The molecule has 4 rings (SSSR count). The smallest absolute Gasteiger partial charge is 0.266 e. The van der Waals surface area contributed by atoms with Gasteiger partial charge in [0.25, 0.3) is 5.91 Å². The van der Waals surface area contributed by atoms with Crippen LogP contribution in [0, 0.1) is 0 Å². The van der Waals surface area contributed by atoms with Crippen LogP contribution < -0.4 is 15.6 Å². The summed E-state index contributed by atoms with van der Waals surface area (Å²) in [5.41, 5.74) is 16.0. The Bertz CT molecular complexity index is 1380. The third kappa shape index (κ3) is 6.68. The molecular formula is C28H29ClN6O4. The lowest BCUT2D eigenvalue weighted by molar-refractivity contribution is -0.129. The number of ether oxygens (including phenoxy) is 2. The van der Waals surface area contributed by atoms with Crippen LogP contribution in [0.4, 0.5) is 5.69 Å². The molecule has 10 nitrogen and oxygen atoms in total. The normalized spacial score (nSPS) is 18.0. The van der Waals surface area contributed by atoms with Crippen molar-refractivity contribution >= 4 is 29.1 Å². The van der Waals surface area contributed by atoms with Gasteiger partial charge in [-0.2, -0.15) is 0 Å². The topological polar surface area (TPSA) is 141 Å². The third-order valence-corrected chi connectivity index (χ3v) is 6.74. The molecule has 1 aliphatic rings. The number of hydrogen-bond donors (Lipinski definition) is 3. The Morgan fingerprint density at radius 2 is 1.87 bits per heavy atom. The van der Waals surface area contributed by atoms with Crippen LogP contribution in [0.1, 0.15) is 30.0 Å². The Balaban J connectivity index is 1.62. The third-order valence-electron chi connectivity index (χ3n) is 6.37. The van der Waals surface area contributed by atoms with Crippen LogP contribution >= 0.6 is 11.6 Å². The summed E-state index contributed by atoms with van der Waals surface area (Å²) in [5, 5.41) is 13.3. The summed E-state index contributed by atoms with van der Waals surface area (Å²) < 4.78 is 11.7. The molecule has 0 spiro atoms. The Morgan fingerprint density at radius 1 is 1.15 bits per heavy atom. The highest BCUT2D eigenvalue weighted by Gasteiger charge is 2.50. The Hall–Kier alpha value is -4.08. The second kappa shape index (κ2) is 13.1. The minimum atomic E-state index is -1.36. The molecule has 3 aromatic rings. The van der Waals surface area contributed by atoms with E-state index in [9.17, 15) is 4.79 Å². The summed E-state index contributed by atoms with van der Waals surface area (Å²) in [6, 6.07) is 21.6.